The predicted molar refractivity (Wildman–Crippen MR) is 77.1 cm³/mol. The van der Waals surface area contributed by atoms with Crippen LogP contribution in [0.15, 0.2) is 30.3 Å². The van der Waals surface area contributed by atoms with E-state index in [0.717, 1.165) is 0 Å². The van der Waals surface area contributed by atoms with Crippen molar-refractivity contribution in [2.45, 2.75) is 37.1 Å². The smallest absolute Gasteiger partial charge is 0.339 e. The van der Waals surface area contributed by atoms with Gasteiger partial charge in [0, 0.05) is 12.5 Å². The van der Waals surface area contributed by atoms with Crippen molar-refractivity contribution >= 4 is 11.9 Å². The largest absolute Gasteiger partial charge is 0.481 e. The molecule has 2 heterocycles. The van der Waals surface area contributed by atoms with E-state index in [1.165, 1.54) is 0 Å². The van der Waals surface area contributed by atoms with E-state index in [9.17, 15) is 19.8 Å². The highest BCUT2D eigenvalue weighted by Crippen LogP contribution is 2.47. The van der Waals surface area contributed by atoms with Gasteiger partial charge in [-0.2, -0.15) is 0 Å². The van der Waals surface area contributed by atoms with Crippen molar-refractivity contribution in [2.75, 3.05) is 7.05 Å². The van der Waals surface area contributed by atoms with Crippen LogP contribution in [-0.4, -0.2) is 52.0 Å². The number of piperidine rings is 1. The maximum atomic E-state index is 12.4. The molecule has 2 bridgehead atoms. The van der Waals surface area contributed by atoms with Gasteiger partial charge in [-0.05, 0) is 32.0 Å². The van der Waals surface area contributed by atoms with Crippen molar-refractivity contribution in [3.05, 3.63) is 35.9 Å². The number of carbonyl (C=O) groups excluding carboxylic acids is 1. The molecule has 1 aromatic rings. The van der Waals surface area contributed by atoms with Crippen LogP contribution in [0.25, 0.3) is 0 Å². The highest BCUT2D eigenvalue weighted by molar-refractivity contribution is 5.90. The molecular formula is C16H19NO5. The van der Waals surface area contributed by atoms with Gasteiger partial charge in [0.1, 0.15) is 5.92 Å². The second-order valence-corrected chi connectivity index (χ2v) is 6.02. The van der Waals surface area contributed by atoms with E-state index >= 15 is 0 Å². The van der Waals surface area contributed by atoms with Crippen molar-refractivity contribution in [3.63, 3.8) is 0 Å². The molecule has 0 saturated carbocycles. The Bertz CT molecular complexity index is 589. The Morgan fingerprint density at radius 2 is 2.00 bits per heavy atom. The van der Waals surface area contributed by atoms with Gasteiger partial charge in [0.2, 0.25) is 0 Å². The van der Waals surface area contributed by atoms with Crippen LogP contribution < -0.4 is 0 Å². The number of aliphatic hydroxyl groups is 1. The summed E-state index contributed by atoms with van der Waals surface area (Å²) in [5, 5.41) is 19.7. The molecule has 2 N–H and O–H groups in total. The van der Waals surface area contributed by atoms with Crippen molar-refractivity contribution in [1.82, 2.24) is 4.90 Å². The first-order chi connectivity index (χ1) is 10.5. The third-order valence-corrected chi connectivity index (χ3v) is 4.91. The number of carboxylic acid groups (broad SMARTS) is 1. The fraction of sp³-hybridized carbons (Fsp3) is 0.500. The van der Waals surface area contributed by atoms with Crippen molar-refractivity contribution in [1.29, 1.82) is 0 Å². The van der Waals surface area contributed by atoms with Crippen LogP contribution in [-0.2, 0) is 9.53 Å². The molecule has 6 nitrogen and oxygen atoms in total. The predicted octanol–water partition coefficient (Wildman–Crippen LogP) is 1.10. The van der Waals surface area contributed by atoms with Gasteiger partial charge in [0.15, 0.2) is 5.72 Å². The minimum absolute atomic E-state index is 0.0363. The number of aliphatic carboxylic acids is 1. The first-order valence-electron chi connectivity index (χ1n) is 7.38. The zero-order valence-corrected chi connectivity index (χ0v) is 12.3. The third-order valence-electron chi connectivity index (χ3n) is 4.91. The molecule has 6 heteroatoms. The van der Waals surface area contributed by atoms with Gasteiger partial charge in [-0.1, -0.05) is 18.2 Å². The lowest BCUT2D eigenvalue weighted by molar-refractivity contribution is -0.201. The van der Waals surface area contributed by atoms with Gasteiger partial charge in [-0.15, -0.1) is 0 Å². The van der Waals surface area contributed by atoms with Crippen LogP contribution in [0.3, 0.4) is 0 Å². The molecule has 0 aliphatic carbocycles. The standard InChI is InChI=1S/C16H19NO5/c1-17-11-7-8-16(17,13(14(19)20)12(18)9-11)22-15(21)10-5-3-2-4-6-10/h2-6,11-13,18H,7-9H2,1H3,(H,19,20). The zero-order valence-electron chi connectivity index (χ0n) is 12.3. The lowest BCUT2D eigenvalue weighted by Gasteiger charge is -2.47. The average molecular weight is 305 g/mol. The molecule has 2 aliphatic heterocycles. The van der Waals surface area contributed by atoms with E-state index in [4.69, 9.17) is 4.74 Å². The maximum absolute atomic E-state index is 12.4. The molecule has 1 aromatic carbocycles. The molecule has 0 aromatic heterocycles. The summed E-state index contributed by atoms with van der Waals surface area (Å²) in [6.07, 6.45) is 0.503. The highest BCUT2D eigenvalue weighted by Gasteiger charge is 2.62. The molecule has 0 radical (unpaired) electrons. The van der Waals surface area contributed by atoms with Gasteiger partial charge in [0.05, 0.1) is 11.7 Å². The second kappa shape index (κ2) is 5.37. The van der Waals surface area contributed by atoms with Crippen LogP contribution in [0.2, 0.25) is 0 Å². The molecule has 0 spiro atoms. The number of nitrogens with zero attached hydrogens (tertiary/aromatic N) is 1. The summed E-state index contributed by atoms with van der Waals surface area (Å²) in [4.78, 5) is 25.8. The number of benzene rings is 1. The first kappa shape index (κ1) is 15.0. The fourth-order valence-corrected chi connectivity index (χ4v) is 3.76. The van der Waals surface area contributed by atoms with Gasteiger partial charge >= 0.3 is 11.9 Å². The Labute approximate surface area is 128 Å². The van der Waals surface area contributed by atoms with Gasteiger partial charge < -0.3 is 14.9 Å². The van der Waals surface area contributed by atoms with E-state index in [-0.39, 0.29) is 6.04 Å². The Morgan fingerprint density at radius 3 is 2.64 bits per heavy atom. The molecule has 2 aliphatic rings. The van der Waals surface area contributed by atoms with Crippen LogP contribution >= 0.6 is 0 Å². The Morgan fingerprint density at radius 1 is 1.32 bits per heavy atom. The van der Waals surface area contributed by atoms with Crippen molar-refractivity contribution in [3.8, 4) is 0 Å². The minimum atomic E-state index is -1.28. The van der Waals surface area contributed by atoms with E-state index in [1.807, 2.05) is 0 Å². The number of aliphatic hydroxyl groups excluding tert-OH is 1. The van der Waals surface area contributed by atoms with E-state index in [0.29, 0.717) is 24.8 Å². The summed E-state index contributed by atoms with van der Waals surface area (Å²) < 4.78 is 5.66. The number of ether oxygens (including phenoxy) is 1. The Kier molecular flexibility index (Phi) is 3.66. The number of esters is 1. The van der Waals surface area contributed by atoms with E-state index in [2.05, 4.69) is 0 Å². The van der Waals surface area contributed by atoms with Crippen molar-refractivity contribution in [2.24, 2.45) is 5.92 Å². The fourth-order valence-electron chi connectivity index (χ4n) is 3.76. The quantitative estimate of drug-likeness (QED) is 0.813. The van der Waals surface area contributed by atoms with Crippen LogP contribution in [0, 0.1) is 5.92 Å². The van der Waals surface area contributed by atoms with E-state index < -0.39 is 29.7 Å². The van der Waals surface area contributed by atoms with Crippen LogP contribution in [0.5, 0.6) is 0 Å². The number of carboxylic acids is 1. The number of fused-ring (bicyclic) bond motifs is 2. The summed E-state index contributed by atoms with van der Waals surface area (Å²) in [5.41, 5.74) is -0.904. The number of hydrogen-bond donors (Lipinski definition) is 2. The van der Waals surface area contributed by atoms with Crippen LogP contribution in [0.1, 0.15) is 29.6 Å². The summed E-state index contributed by atoms with van der Waals surface area (Å²) in [6.45, 7) is 0. The second-order valence-electron chi connectivity index (χ2n) is 6.02. The van der Waals surface area contributed by atoms with Gasteiger partial charge in [0.25, 0.3) is 0 Å². The third kappa shape index (κ3) is 2.19. The average Bonchev–Trinajstić information content (AvgIpc) is 2.69. The van der Waals surface area contributed by atoms with Gasteiger partial charge in [-0.3, -0.25) is 9.69 Å². The molecule has 22 heavy (non-hydrogen) atoms. The molecular weight excluding hydrogens is 286 g/mol. The first-order valence-corrected chi connectivity index (χ1v) is 7.38. The number of carbonyl (C=O) groups is 2. The molecule has 0 amide bonds. The minimum Gasteiger partial charge on any atom is -0.481 e. The Balaban J connectivity index is 1.94. The summed E-state index contributed by atoms with van der Waals surface area (Å²) in [5.74, 6) is -2.84. The van der Waals surface area contributed by atoms with Crippen LogP contribution in [0.4, 0.5) is 0 Å². The summed E-state index contributed by atoms with van der Waals surface area (Å²) in [7, 11) is 1.76. The molecule has 2 saturated heterocycles. The maximum Gasteiger partial charge on any atom is 0.339 e. The van der Waals surface area contributed by atoms with E-state index in [1.54, 1.807) is 42.3 Å². The monoisotopic (exact) mass is 305 g/mol. The topological polar surface area (TPSA) is 87.1 Å². The van der Waals surface area contributed by atoms with Crippen molar-refractivity contribution < 1.29 is 24.5 Å². The molecule has 4 atom stereocenters. The normalized spacial score (nSPS) is 34.4. The molecule has 2 fully saturated rings. The molecule has 4 unspecified atom stereocenters. The number of rotatable bonds is 3. The molecule has 118 valence electrons. The summed E-state index contributed by atoms with van der Waals surface area (Å²) in [6, 6.07) is 8.52. The highest BCUT2D eigenvalue weighted by atomic mass is 16.6. The zero-order chi connectivity index (χ0) is 15.9. The lowest BCUT2D eigenvalue weighted by atomic mass is 9.84. The number of hydrogen-bond acceptors (Lipinski definition) is 5. The SMILES string of the molecule is CN1C2CCC1(OC(=O)c1ccccc1)C(C(=O)O)C(O)C2. The lowest BCUT2D eigenvalue weighted by Crippen LogP contribution is -2.63. The Hall–Kier alpha value is -1.92. The molecule has 3 rings (SSSR count). The van der Waals surface area contributed by atoms with Gasteiger partial charge in [-0.25, -0.2) is 4.79 Å². The summed E-state index contributed by atoms with van der Waals surface area (Å²) >= 11 is 0.